The number of carbonyl (C=O) groups excluding carboxylic acids is 1. The van der Waals surface area contributed by atoms with E-state index in [1.54, 1.807) is 19.1 Å². The molecule has 0 aliphatic carbocycles. The lowest BCUT2D eigenvalue weighted by Crippen LogP contribution is -2.18. The van der Waals surface area contributed by atoms with Gasteiger partial charge in [-0.3, -0.25) is 4.79 Å². The monoisotopic (exact) mass is 342 g/mol. The highest BCUT2D eigenvalue weighted by atomic mass is 35.5. The van der Waals surface area contributed by atoms with Gasteiger partial charge in [-0.05, 0) is 36.7 Å². The van der Waals surface area contributed by atoms with Gasteiger partial charge in [0.2, 0.25) is 0 Å². The van der Waals surface area contributed by atoms with Crippen molar-refractivity contribution in [1.29, 1.82) is 0 Å². The van der Waals surface area contributed by atoms with Gasteiger partial charge >= 0.3 is 0 Å². The lowest BCUT2D eigenvalue weighted by atomic mass is 10.1. The SMILES string of the molecule is Cc1ccc(S(=O)(=O)OC(C(=O)Cl)c2ccccc2F)cc1. The van der Waals surface area contributed by atoms with Crippen LogP contribution in [0.15, 0.2) is 53.4 Å². The van der Waals surface area contributed by atoms with Crippen LogP contribution in [0, 0.1) is 12.7 Å². The lowest BCUT2D eigenvalue weighted by Gasteiger charge is -2.15. The second kappa shape index (κ2) is 6.56. The molecule has 0 spiro atoms. The van der Waals surface area contributed by atoms with Gasteiger partial charge in [0, 0.05) is 5.56 Å². The zero-order valence-corrected chi connectivity index (χ0v) is 13.1. The lowest BCUT2D eigenvalue weighted by molar-refractivity contribution is -0.118. The molecule has 0 saturated carbocycles. The molecule has 7 heteroatoms. The Hall–Kier alpha value is -1.76. The summed E-state index contributed by atoms with van der Waals surface area (Å²) >= 11 is 5.37. The van der Waals surface area contributed by atoms with Gasteiger partial charge < -0.3 is 0 Å². The summed E-state index contributed by atoms with van der Waals surface area (Å²) < 4.78 is 43.0. The number of aryl methyl sites for hydroxylation is 1. The van der Waals surface area contributed by atoms with Crippen LogP contribution in [-0.4, -0.2) is 13.7 Å². The van der Waals surface area contributed by atoms with Crippen LogP contribution in [0.25, 0.3) is 0 Å². The minimum absolute atomic E-state index is 0.141. The number of rotatable bonds is 5. The summed E-state index contributed by atoms with van der Waals surface area (Å²) in [5, 5.41) is -1.12. The first-order valence-electron chi connectivity index (χ1n) is 6.25. The molecule has 116 valence electrons. The highest BCUT2D eigenvalue weighted by molar-refractivity contribution is 7.86. The minimum Gasteiger partial charge on any atom is -0.278 e. The van der Waals surface area contributed by atoms with Gasteiger partial charge in [0.15, 0.2) is 6.10 Å². The van der Waals surface area contributed by atoms with Gasteiger partial charge in [0.25, 0.3) is 15.4 Å². The van der Waals surface area contributed by atoms with Crippen LogP contribution in [0.4, 0.5) is 4.39 Å². The van der Waals surface area contributed by atoms with E-state index in [-0.39, 0.29) is 10.5 Å². The van der Waals surface area contributed by atoms with Crippen LogP contribution in [0.2, 0.25) is 0 Å². The summed E-state index contributed by atoms with van der Waals surface area (Å²) in [5.74, 6) is -0.777. The maximum Gasteiger partial charge on any atom is 0.298 e. The average Bonchev–Trinajstić information content (AvgIpc) is 2.46. The molecule has 22 heavy (non-hydrogen) atoms. The largest absolute Gasteiger partial charge is 0.298 e. The maximum atomic E-state index is 13.7. The van der Waals surface area contributed by atoms with E-state index in [1.165, 1.54) is 30.3 Å². The molecule has 0 amide bonds. The molecule has 0 fully saturated rings. The second-order valence-electron chi connectivity index (χ2n) is 4.57. The fourth-order valence-electron chi connectivity index (χ4n) is 1.79. The van der Waals surface area contributed by atoms with E-state index in [1.807, 2.05) is 0 Å². The third-order valence-corrected chi connectivity index (χ3v) is 4.42. The predicted octanol–water partition coefficient (Wildman–Crippen LogP) is 3.35. The van der Waals surface area contributed by atoms with E-state index in [0.717, 1.165) is 11.6 Å². The van der Waals surface area contributed by atoms with E-state index in [2.05, 4.69) is 0 Å². The number of benzene rings is 2. The molecule has 0 radical (unpaired) electrons. The van der Waals surface area contributed by atoms with E-state index >= 15 is 0 Å². The van der Waals surface area contributed by atoms with E-state index in [9.17, 15) is 17.6 Å². The third-order valence-electron chi connectivity index (χ3n) is 2.93. The Kier molecular flexibility index (Phi) is 4.95. The van der Waals surface area contributed by atoms with Gasteiger partial charge in [-0.25, -0.2) is 8.57 Å². The Morgan fingerprint density at radius 2 is 1.73 bits per heavy atom. The van der Waals surface area contributed by atoms with Crippen LogP contribution >= 0.6 is 11.6 Å². The number of hydrogen-bond acceptors (Lipinski definition) is 4. The van der Waals surface area contributed by atoms with Crippen LogP contribution in [0.1, 0.15) is 17.2 Å². The topological polar surface area (TPSA) is 60.4 Å². The molecule has 2 aromatic carbocycles. The molecule has 4 nitrogen and oxygen atoms in total. The first-order valence-corrected chi connectivity index (χ1v) is 8.03. The summed E-state index contributed by atoms with van der Waals surface area (Å²) in [5.41, 5.74) is 0.621. The molecule has 0 aromatic heterocycles. The Balaban J connectivity index is 2.38. The van der Waals surface area contributed by atoms with Crippen molar-refractivity contribution in [3.05, 3.63) is 65.5 Å². The Morgan fingerprint density at radius 1 is 1.14 bits per heavy atom. The molecule has 0 N–H and O–H groups in total. The van der Waals surface area contributed by atoms with Crippen molar-refractivity contribution >= 4 is 27.0 Å². The Bertz CT molecular complexity index is 787. The summed E-state index contributed by atoms with van der Waals surface area (Å²) in [4.78, 5) is 11.3. The number of hydrogen-bond donors (Lipinski definition) is 0. The minimum atomic E-state index is -4.26. The van der Waals surface area contributed by atoms with Crippen molar-refractivity contribution in [1.82, 2.24) is 0 Å². The summed E-state index contributed by atoms with van der Waals surface area (Å²) in [6, 6.07) is 11.0. The number of halogens is 2. The second-order valence-corrected chi connectivity index (χ2v) is 6.51. The van der Waals surface area contributed by atoms with E-state index < -0.39 is 27.3 Å². The zero-order valence-electron chi connectivity index (χ0n) is 11.5. The third kappa shape index (κ3) is 3.71. The molecule has 0 saturated heterocycles. The van der Waals surface area contributed by atoms with Gasteiger partial charge in [0.1, 0.15) is 5.82 Å². The first-order chi connectivity index (χ1) is 10.3. The predicted molar refractivity (Wildman–Crippen MR) is 79.5 cm³/mol. The molecular weight excluding hydrogens is 331 g/mol. The van der Waals surface area contributed by atoms with Crippen LogP contribution in [-0.2, 0) is 19.1 Å². The Labute approximate surface area is 132 Å². The molecule has 0 heterocycles. The summed E-state index contributed by atoms with van der Waals surface area (Å²) in [7, 11) is -4.26. The fourth-order valence-corrected chi connectivity index (χ4v) is 3.03. The van der Waals surface area contributed by atoms with Crippen LogP contribution in [0.5, 0.6) is 0 Å². The van der Waals surface area contributed by atoms with Crippen molar-refractivity contribution in [2.24, 2.45) is 0 Å². The highest BCUT2D eigenvalue weighted by Gasteiger charge is 2.29. The summed E-state index contributed by atoms with van der Waals surface area (Å²) in [6.45, 7) is 1.79. The standard InChI is InChI=1S/C15H12ClFO4S/c1-10-6-8-11(9-7-10)22(19,20)21-14(15(16)18)12-4-2-3-5-13(12)17/h2-9,14H,1H3. The molecule has 1 atom stereocenters. The van der Waals surface area contributed by atoms with E-state index in [4.69, 9.17) is 15.8 Å². The van der Waals surface area contributed by atoms with Gasteiger partial charge in [-0.2, -0.15) is 8.42 Å². The normalized spacial score (nSPS) is 12.9. The van der Waals surface area contributed by atoms with Crippen LogP contribution < -0.4 is 0 Å². The average molecular weight is 343 g/mol. The fraction of sp³-hybridized carbons (Fsp3) is 0.133. The first kappa shape index (κ1) is 16.6. The highest BCUT2D eigenvalue weighted by Crippen LogP contribution is 2.27. The van der Waals surface area contributed by atoms with Crippen molar-refractivity contribution in [3.8, 4) is 0 Å². The zero-order chi connectivity index (χ0) is 16.3. The molecular formula is C15H12ClFO4S. The van der Waals surface area contributed by atoms with Gasteiger partial charge in [-0.1, -0.05) is 35.9 Å². The van der Waals surface area contributed by atoms with Crippen LogP contribution in [0.3, 0.4) is 0 Å². The molecule has 1 unspecified atom stereocenters. The van der Waals surface area contributed by atoms with Gasteiger partial charge in [-0.15, -0.1) is 0 Å². The molecule has 2 rings (SSSR count). The van der Waals surface area contributed by atoms with Crippen molar-refractivity contribution in [2.75, 3.05) is 0 Å². The van der Waals surface area contributed by atoms with Crippen molar-refractivity contribution < 1.29 is 21.8 Å². The smallest absolute Gasteiger partial charge is 0.278 e. The maximum absolute atomic E-state index is 13.7. The number of carbonyl (C=O) groups is 1. The quantitative estimate of drug-likeness (QED) is 0.617. The molecule has 2 aromatic rings. The van der Waals surface area contributed by atoms with Gasteiger partial charge in [0.05, 0.1) is 4.90 Å². The summed E-state index contributed by atoms with van der Waals surface area (Å²) in [6.07, 6.45) is -1.74. The molecule has 0 bridgehead atoms. The molecule has 0 aliphatic heterocycles. The van der Waals surface area contributed by atoms with Crippen molar-refractivity contribution in [2.45, 2.75) is 17.9 Å². The van der Waals surface area contributed by atoms with Crippen molar-refractivity contribution in [3.63, 3.8) is 0 Å². The Morgan fingerprint density at radius 3 is 2.27 bits per heavy atom. The molecule has 0 aliphatic rings. The van der Waals surface area contributed by atoms with E-state index in [0.29, 0.717) is 0 Å².